The smallest absolute Gasteiger partial charge is 0.336 e. The zero-order valence-corrected chi connectivity index (χ0v) is 24.4. The second-order valence-electron chi connectivity index (χ2n) is 11.0. The summed E-state index contributed by atoms with van der Waals surface area (Å²) in [4.78, 5) is 25.3. The highest BCUT2D eigenvalue weighted by atomic mass is 32.1. The molecular formula is C31H39NO5S. The van der Waals surface area contributed by atoms with Crippen LogP contribution in [0.5, 0.6) is 5.75 Å². The van der Waals surface area contributed by atoms with Crippen LogP contribution in [0.25, 0.3) is 11.1 Å². The molecule has 1 amide bonds. The summed E-state index contributed by atoms with van der Waals surface area (Å²) < 4.78 is 11.0. The third-order valence-electron chi connectivity index (χ3n) is 6.47. The average Bonchev–Trinajstić information content (AvgIpc) is 3.34. The Morgan fingerprint density at radius 1 is 1.00 bits per heavy atom. The number of aliphatic hydroxyl groups is 1. The number of benzene rings is 2. The lowest BCUT2D eigenvalue weighted by Gasteiger charge is -2.23. The van der Waals surface area contributed by atoms with Gasteiger partial charge in [0, 0.05) is 4.88 Å². The molecule has 0 radical (unpaired) electrons. The highest BCUT2D eigenvalue weighted by molar-refractivity contribution is 7.14. The molecule has 0 fully saturated rings. The van der Waals surface area contributed by atoms with Crippen LogP contribution in [-0.2, 0) is 14.9 Å². The van der Waals surface area contributed by atoms with E-state index in [-0.39, 0.29) is 29.9 Å². The van der Waals surface area contributed by atoms with Crippen molar-refractivity contribution in [3.63, 3.8) is 0 Å². The number of methoxy groups -OCH3 is 1. The number of hydrogen-bond donors (Lipinski definition) is 2. The van der Waals surface area contributed by atoms with E-state index < -0.39 is 12.1 Å². The van der Waals surface area contributed by atoms with Gasteiger partial charge in [0.05, 0.1) is 18.5 Å². The molecule has 0 aliphatic carbocycles. The number of nitrogens with one attached hydrogen (secondary N) is 1. The van der Waals surface area contributed by atoms with Gasteiger partial charge < -0.3 is 19.9 Å². The number of ether oxygens (including phenoxy) is 2. The van der Waals surface area contributed by atoms with E-state index in [9.17, 15) is 14.7 Å². The van der Waals surface area contributed by atoms with Crippen molar-refractivity contribution in [3.05, 3.63) is 75.0 Å². The zero-order valence-electron chi connectivity index (χ0n) is 23.5. The van der Waals surface area contributed by atoms with Gasteiger partial charge in [-0.05, 0) is 77.3 Å². The summed E-state index contributed by atoms with van der Waals surface area (Å²) >= 11 is 1.34. The number of rotatable bonds is 9. The van der Waals surface area contributed by atoms with E-state index in [1.54, 1.807) is 6.07 Å². The van der Waals surface area contributed by atoms with E-state index in [0.717, 1.165) is 21.8 Å². The molecule has 0 aliphatic heterocycles. The first-order valence-electron chi connectivity index (χ1n) is 12.8. The lowest BCUT2D eigenvalue weighted by molar-refractivity contribution is -0.149. The standard InChI is InChI=1S/C31H39NO5S/c1-18(2)28(25-13-14-26(38-25)29(34)32-17-24(33)30(35)36-8)37-23-15-19(3)27(20(4)16-23)21-9-11-22(12-10-21)31(5,6)7/h9-16,18,24,28,33H,17H2,1-8H3,(H,32,34)/t24-,28?/m1/s1. The third kappa shape index (κ3) is 7.03. The topological polar surface area (TPSA) is 84.9 Å². The summed E-state index contributed by atoms with van der Waals surface area (Å²) in [6.07, 6.45) is -1.64. The number of esters is 1. The van der Waals surface area contributed by atoms with Gasteiger partial charge in [0.2, 0.25) is 0 Å². The van der Waals surface area contributed by atoms with E-state index in [1.807, 2.05) is 6.07 Å². The van der Waals surface area contributed by atoms with Crippen LogP contribution < -0.4 is 10.1 Å². The minimum absolute atomic E-state index is 0.110. The molecule has 0 saturated heterocycles. The molecule has 0 spiro atoms. The molecule has 2 N–H and O–H groups in total. The number of amides is 1. The van der Waals surface area contributed by atoms with Gasteiger partial charge in [-0.3, -0.25) is 4.79 Å². The van der Waals surface area contributed by atoms with Crippen LogP contribution in [0, 0.1) is 19.8 Å². The molecule has 2 atom stereocenters. The van der Waals surface area contributed by atoms with Crippen LogP contribution in [0.1, 0.15) is 72.0 Å². The van der Waals surface area contributed by atoms with Crippen LogP contribution in [0.4, 0.5) is 0 Å². The van der Waals surface area contributed by atoms with E-state index in [1.165, 1.54) is 35.1 Å². The normalized spacial score (nSPS) is 13.2. The minimum atomic E-state index is -1.40. The van der Waals surface area contributed by atoms with Crippen molar-refractivity contribution in [1.29, 1.82) is 0 Å². The van der Waals surface area contributed by atoms with Gasteiger partial charge in [-0.25, -0.2) is 4.79 Å². The maximum atomic E-state index is 12.6. The van der Waals surface area contributed by atoms with Crippen molar-refractivity contribution < 1.29 is 24.2 Å². The lowest BCUT2D eigenvalue weighted by atomic mass is 9.85. The number of carbonyl (C=O) groups excluding carboxylic acids is 2. The van der Waals surface area contributed by atoms with Gasteiger partial charge in [-0.15, -0.1) is 11.3 Å². The Hall–Kier alpha value is -3.16. The Bertz CT molecular complexity index is 1250. The Morgan fingerprint density at radius 3 is 2.13 bits per heavy atom. The molecule has 38 heavy (non-hydrogen) atoms. The van der Waals surface area contributed by atoms with Crippen LogP contribution in [0.2, 0.25) is 0 Å². The van der Waals surface area contributed by atoms with Gasteiger partial charge in [-0.2, -0.15) is 0 Å². The predicted molar refractivity (Wildman–Crippen MR) is 153 cm³/mol. The maximum Gasteiger partial charge on any atom is 0.336 e. The number of hydrogen-bond acceptors (Lipinski definition) is 6. The summed E-state index contributed by atoms with van der Waals surface area (Å²) in [6, 6.07) is 16.6. The van der Waals surface area contributed by atoms with E-state index in [2.05, 4.69) is 94.9 Å². The predicted octanol–water partition coefficient (Wildman–Crippen LogP) is 6.37. The first-order valence-corrected chi connectivity index (χ1v) is 13.7. The van der Waals surface area contributed by atoms with Crippen molar-refractivity contribution in [2.24, 2.45) is 5.92 Å². The highest BCUT2D eigenvalue weighted by Gasteiger charge is 2.23. The molecule has 1 unspecified atom stereocenters. The van der Waals surface area contributed by atoms with Gasteiger partial charge >= 0.3 is 5.97 Å². The second-order valence-corrected chi connectivity index (χ2v) is 12.1. The van der Waals surface area contributed by atoms with Crippen molar-refractivity contribution in [2.45, 2.75) is 66.1 Å². The van der Waals surface area contributed by atoms with Gasteiger partial charge in [0.15, 0.2) is 6.10 Å². The minimum Gasteiger partial charge on any atom is -0.485 e. The molecule has 0 aliphatic rings. The zero-order chi connectivity index (χ0) is 28.2. The monoisotopic (exact) mass is 537 g/mol. The summed E-state index contributed by atoms with van der Waals surface area (Å²) in [7, 11) is 1.19. The fourth-order valence-electron chi connectivity index (χ4n) is 4.38. The van der Waals surface area contributed by atoms with Crippen LogP contribution in [0.15, 0.2) is 48.5 Å². The molecule has 0 bridgehead atoms. The average molecular weight is 538 g/mol. The van der Waals surface area contributed by atoms with Crippen LogP contribution >= 0.6 is 11.3 Å². The van der Waals surface area contributed by atoms with Crippen LogP contribution in [0.3, 0.4) is 0 Å². The van der Waals surface area contributed by atoms with Crippen LogP contribution in [-0.4, -0.2) is 36.7 Å². The molecule has 0 saturated carbocycles. The summed E-state index contributed by atoms with van der Waals surface area (Å²) in [6.45, 7) is 14.8. The SMILES string of the molecule is COC(=O)[C@H](O)CNC(=O)c1ccc(C(Oc2cc(C)c(-c3ccc(C(C)(C)C)cc3)c(C)c2)C(C)C)s1. The molecular weight excluding hydrogens is 498 g/mol. The quantitative estimate of drug-likeness (QED) is 0.310. The number of aliphatic hydroxyl groups excluding tert-OH is 1. The van der Waals surface area contributed by atoms with E-state index in [4.69, 9.17) is 4.74 Å². The van der Waals surface area contributed by atoms with Crippen molar-refractivity contribution in [2.75, 3.05) is 13.7 Å². The van der Waals surface area contributed by atoms with Gasteiger partial charge in [-0.1, -0.05) is 58.9 Å². The Balaban J connectivity index is 1.78. The Labute approximate surface area is 230 Å². The molecule has 3 aromatic rings. The van der Waals surface area contributed by atoms with Crippen molar-refractivity contribution >= 4 is 23.2 Å². The molecule has 3 rings (SSSR count). The fourth-order valence-corrected chi connectivity index (χ4v) is 5.50. The largest absolute Gasteiger partial charge is 0.485 e. The van der Waals surface area contributed by atoms with Gasteiger partial charge in [0.25, 0.3) is 5.91 Å². The first-order chi connectivity index (χ1) is 17.8. The second kappa shape index (κ2) is 12.1. The summed E-state index contributed by atoms with van der Waals surface area (Å²) in [5, 5.41) is 12.3. The van der Waals surface area contributed by atoms with E-state index in [0.29, 0.717) is 4.88 Å². The molecule has 204 valence electrons. The summed E-state index contributed by atoms with van der Waals surface area (Å²) in [5.41, 5.74) is 6.09. The summed E-state index contributed by atoms with van der Waals surface area (Å²) in [5.74, 6) is -0.200. The number of carbonyl (C=O) groups is 2. The Morgan fingerprint density at radius 2 is 1.61 bits per heavy atom. The fraction of sp³-hybridized carbons (Fsp3) is 0.419. The molecule has 1 aromatic heterocycles. The molecule has 6 nitrogen and oxygen atoms in total. The lowest BCUT2D eigenvalue weighted by Crippen LogP contribution is -2.36. The molecule has 1 heterocycles. The maximum absolute atomic E-state index is 12.6. The van der Waals surface area contributed by atoms with Gasteiger partial charge in [0.1, 0.15) is 11.9 Å². The molecule has 2 aromatic carbocycles. The highest BCUT2D eigenvalue weighted by Crippen LogP contribution is 2.37. The van der Waals surface area contributed by atoms with E-state index >= 15 is 0 Å². The number of thiophene rings is 1. The third-order valence-corrected chi connectivity index (χ3v) is 7.62. The first kappa shape index (κ1) is 29.4. The van der Waals surface area contributed by atoms with Crippen molar-refractivity contribution in [1.82, 2.24) is 5.32 Å². The van der Waals surface area contributed by atoms with Crippen molar-refractivity contribution in [3.8, 4) is 16.9 Å². The number of aryl methyl sites for hydroxylation is 2. The molecule has 7 heteroatoms. The Kier molecular flexibility index (Phi) is 9.39.